The van der Waals surface area contributed by atoms with Crippen molar-refractivity contribution in [2.24, 2.45) is 5.14 Å². The third-order valence-corrected chi connectivity index (χ3v) is 5.39. The summed E-state index contributed by atoms with van der Waals surface area (Å²) in [6, 6.07) is 6.21. The zero-order chi connectivity index (χ0) is 21.2. The van der Waals surface area contributed by atoms with E-state index in [1.807, 2.05) is 13.0 Å². The normalized spacial score (nSPS) is 18.0. The number of sulfonamides is 1. The zero-order valence-electron chi connectivity index (χ0n) is 15.6. The van der Waals surface area contributed by atoms with Crippen molar-refractivity contribution in [1.82, 2.24) is 4.98 Å². The van der Waals surface area contributed by atoms with Gasteiger partial charge in [-0.2, -0.15) is 13.2 Å². The summed E-state index contributed by atoms with van der Waals surface area (Å²) in [5, 5.41) is 7.62. The Bertz CT molecular complexity index is 965. The molecule has 2 heterocycles. The maximum absolute atomic E-state index is 13.3. The lowest BCUT2D eigenvalue weighted by molar-refractivity contribution is -0.137. The van der Waals surface area contributed by atoms with Gasteiger partial charge in [0.1, 0.15) is 5.82 Å². The van der Waals surface area contributed by atoms with Crippen molar-refractivity contribution >= 4 is 21.5 Å². The number of ether oxygens (including phenoxy) is 1. The molecule has 3 N–H and O–H groups in total. The molecule has 1 unspecified atom stereocenters. The third-order valence-electron chi connectivity index (χ3n) is 4.48. The van der Waals surface area contributed by atoms with Gasteiger partial charge in [-0.25, -0.2) is 18.5 Å². The van der Waals surface area contributed by atoms with Crippen LogP contribution < -0.4 is 15.4 Å². The highest BCUT2D eigenvalue weighted by atomic mass is 32.2. The Hall–Kier alpha value is -2.37. The van der Waals surface area contributed by atoms with Crippen molar-refractivity contribution in [1.29, 1.82) is 0 Å². The molecule has 0 amide bonds. The highest BCUT2D eigenvalue weighted by Crippen LogP contribution is 2.36. The number of benzene rings is 1. The average molecular weight is 430 g/mol. The molecule has 0 saturated carbocycles. The van der Waals surface area contributed by atoms with E-state index in [2.05, 4.69) is 15.2 Å². The van der Waals surface area contributed by atoms with Gasteiger partial charge < -0.3 is 15.0 Å². The largest absolute Gasteiger partial charge is 0.418 e. The van der Waals surface area contributed by atoms with Crippen LogP contribution in [-0.2, 0) is 27.5 Å². The van der Waals surface area contributed by atoms with Gasteiger partial charge in [0, 0.05) is 31.5 Å². The Kier molecular flexibility index (Phi) is 6.01. The molecule has 11 heteroatoms. The van der Waals surface area contributed by atoms with E-state index in [1.165, 1.54) is 0 Å². The number of nitrogens with two attached hydrogens (primary N) is 1. The Morgan fingerprint density at radius 3 is 2.66 bits per heavy atom. The number of anilines is 2. The Labute approximate surface area is 166 Å². The van der Waals surface area contributed by atoms with Gasteiger partial charge in [0.2, 0.25) is 10.0 Å². The fraction of sp³-hybridized carbons (Fsp3) is 0.389. The number of pyridine rings is 1. The molecule has 1 aromatic carbocycles. The van der Waals surface area contributed by atoms with Gasteiger partial charge in [-0.1, -0.05) is 6.07 Å². The van der Waals surface area contributed by atoms with E-state index in [0.717, 1.165) is 31.0 Å². The van der Waals surface area contributed by atoms with Gasteiger partial charge in [0.25, 0.3) is 0 Å². The highest BCUT2D eigenvalue weighted by molar-refractivity contribution is 7.89. The molecule has 3 rings (SSSR count). The number of rotatable bonds is 5. The van der Waals surface area contributed by atoms with Gasteiger partial charge in [0.15, 0.2) is 0 Å². The second-order valence-corrected chi connectivity index (χ2v) is 8.32. The first kappa shape index (κ1) is 21.3. The van der Waals surface area contributed by atoms with E-state index in [4.69, 9.17) is 9.88 Å². The topological polar surface area (TPSA) is 97.6 Å². The number of hydrogen-bond acceptors (Lipinski definition) is 6. The molecular formula is C18H21F3N4O3S. The molecule has 1 aromatic heterocycles. The van der Waals surface area contributed by atoms with Crippen molar-refractivity contribution in [3.63, 3.8) is 0 Å². The van der Waals surface area contributed by atoms with Gasteiger partial charge in [-0.05, 0) is 36.8 Å². The molecule has 1 atom stereocenters. The Balaban J connectivity index is 1.74. The molecule has 0 spiro atoms. The highest BCUT2D eigenvalue weighted by Gasteiger charge is 2.34. The maximum Gasteiger partial charge on any atom is 0.418 e. The van der Waals surface area contributed by atoms with Gasteiger partial charge in [-0.15, -0.1) is 0 Å². The van der Waals surface area contributed by atoms with E-state index in [-0.39, 0.29) is 18.3 Å². The van der Waals surface area contributed by atoms with Crippen LogP contribution in [0.25, 0.3) is 0 Å². The predicted octanol–water partition coefficient (Wildman–Crippen LogP) is 2.59. The fourth-order valence-corrected chi connectivity index (χ4v) is 3.56. The Morgan fingerprint density at radius 1 is 1.31 bits per heavy atom. The van der Waals surface area contributed by atoms with Gasteiger partial charge in [0.05, 0.1) is 23.2 Å². The van der Waals surface area contributed by atoms with Gasteiger partial charge in [-0.3, -0.25) is 0 Å². The SMILES string of the molecule is CC1CN(c2ccc(CNc3ccc(S(N)(=O)=O)cc3C(F)(F)F)cn2)CCO1. The average Bonchev–Trinajstić information content (AvgIpc) is 2.65. The molecule has 2 aromatic rings. The van der Waals surface area contributed by atoms with E-state index in [1.54, 1.807) is 12.3 Å². The summed E-state index contributed by atoms with van der Waals surface area (Å²) in [4.78, 5) is 5.87. The summed E-state index contributed by atoms with van der Waals surface area (Å²) in [6.07, 6.45) is -3.04. The molecular weight excluding hydrogens is 409 g/mol. The lowest BCUT2D eigenvalue weighted by Crippen LogP contribution is -2.41. The lowest BCUT2D eigenvalue weighted by Gasteiger charge is -2.32. The van der Waals surface area contributed by atoms with Crippen molar-refractivity contribution in [3.05, 3.63) is 47.7 Å². The summed E-state index contributed by atoms with van der Waals surface area (Å²) in [5.41, 5.74) is -0.661. The van der Waals surface area contributed by atoms with Crippen LogP contribution in [0, 0.1) is 0 Å². The molecule has 158 valence electrons. The summed E-state index contributed by atoms with van der Waals surface area (Å²) in [7, 11) is -4.24. The molecule has 0 aliphatic carbocycles. The van der Waals surface area contributed by atoms with E-state index in [0.29, 0.717) is 18.2 Å². The van der Waals surface area contributed by atoms with Crippen LogP contribution in [0.2, 0.25) is 0 Å². The van der Waals surface area contributed by atoms with Crippen LogP contribution in [0.15, 0.2) is 41.4 Å². The van der Waals surface area contributed by atoms with Crippen molar-refractivity contribution in [2.45, 2.75) is 30.6 Å². The first-order valence-corrected chi connectivity index (χ1v) is 10.4. The number of nitrogens with one attached hydrogen (secondary N) is 1. The zero-order valence-corrected chi connectivity index (χ0v) is 16.4. The smallest absolute Gasteiger partial charge is 0.380 e. The third kappa shape index (κ3) is 5.37. The molecule has 1 aliphatic heterocycles. The summed E-state index contributed by atoms with van der Waals surface area (Å²) < 4.78 is 68.2. The summed E-state index contributed by atoms with van der Waals surface area (Å²) in [6.45, 7) is 4.12. The van der Waals surface area contributed by atoms with E-state index < -0.39 is 26.7 Å². The van der Waals surface area contributed by atoms with Crippen LogP contribution in [0.1, 0.15) is 18.1 Å². The number of primary sulfonamides is 1. The minimum Gasteiger partial charge on any atom is -0.380 e. The van der Waals surface area contributed by atoms with Crippen LogP contribution in [-0.4, -0.2) is 39.2 Å². The number of halogens is 3. The number of nitrogens with zero attached hydrogens (tertiary/aromatic N) is 2. The monoisotopic (exact) mass is 430 g/mol. The standard InChI is InChI=1S/C18H21F3N4O3S/c1-12-11-25(6-7-28-12)17-5-2-13(10-24-17)9-23-16-4-3-14(29(22,26)27)8-15(16)18(19,20)21/h2-5,8,10,12,23H,6-7,9,11H2,1H3,(H2,22,26,27). The van der Waals surface area contributed by atoms with Crippen molar-refractivity contribution < 1.29 is 26.3 Å². The molecule has 0 bridgehead atoms. The quantitative estimate of drug-likeness (QED) is 0.757. The first-order chi connectivity index (χ1) is 13.5. The van der Waals surface area contributed by atoms with Gasteiger partial charge >= 0.3 is 6.18 Å². The summed E-state index contributed by atoms with van der Waals surface area (Å²) >= 11 is 0. The molecule has 1 fully saturated rings. The molecule has 1 saturated heterocycles. The second-order valence-electron chi connectivity index (χ2n) is 6.76. The van der Waals surface area contributed by atoms with Crippen LogP contribution in [0.5, 0.6) is 0 Å². The van der Waals surface area contributed by atoms with Crippen molar-refractivity contribution in [2.75, 3.05) is 29.9 Å². The Morgan fingerprint density at radius 2 is 2.07 bits per heavy atom. The second kappa shape index (κ2) is 8.17. The number of alkyl halides is 3. The number of aromatic nitrogens is 1. The predicted molar refractivity (Wildman–Crippen MR) is 102 cm³/mol. The number of morpholine rings is 1. The molecule has 1 aliphatic rings. The van der Waals surface area contributed by atoms with E-state index >= 15 is 0 Å². The minimum atomic E-state index is -4.74. The van der Waals surface area contributed by atoms with Crippen molar-refractivity contribution in [3.8, 4) is 0 Å². The molecule has 0 radical (unpaired) electrons. The lowest BCUT2D eigenvalue weighted by atomic mass is 10.1. The minimum absolute atomic E-state index is 0.0879. The number of hydrogen-bond donors (Lipinski definition) is 2. The maximum atomic E-state index is 13.3. The van der Waals surface area contributed by atoms with Crippen LogP contribution in [0.4, 0.5) is 24.7 Å². The molecule has 29 heavy (non-hydrogen) atoms. The summed E-state index contributed by atoms with van der Waals surface area (Å²) in [5.74, 6) is 0.775. The first-order valence-electron chi connectivity index (χ1n) is 8.83. The van der Waals surface area contributed by atoms with E-state index in [9.17, 15) is 21.6 Å². The van der Waals surface area contributed by atoms with Crippen LogP contribution >= 0.6 is 0 Å². The van der Waals surface area contributed by atoms with Crippen LogP contribution in [0.3, 0.4) is 0 Å². The fourth-order valence-electron chi connectivity index (χ4n) is 3.02. The molecule has 7 nitrogen and oxygen atoms in total.